The summed E-state index contributed by atoms with van der Waals surface area (Å²) in [6, 6.07) is 12.4. The Kier molecular flexibility index (Phi) is 6.97. The van der Waals surface area contributed by atoms with Crippen molar-refractivity contribution in [3.05, 3.63) is 59.9 Å². The van der Waals surface area contributed by atoms with E-state index in [0.717, 1.165) is 70.9 Å². The second-order valence-corrected chi connectivity index (χ2v) is 8.36. The topological polar surface area (TPSA) is 48.9 Å². The van der Waals surface area contributed by atoms with Gasteiger partial charge in [-0.3, -0.25) is 19.6 Å². The Bertz CT molecular complexity index is 796. The van der Waals surface area contributed by atoms with Gasteiger partial charge in [-0.05, 0) is 61.3 Å². The molecule has 0 aliphatic carbocycles. The third-order valence-electron chi connectivity index (χ3n) is 6.34. The molecule has 1 aromatic carbocycles. The number of benzene rings is 1. The van der Waals surface area contributed by atoms with Crippen LogP contribution in [0.25, 0.3) is 0 Å². The summed E-state index contributed by atoms with van der Waals surface area (Å²) in [6.07, 6.45) is 5.63. The van der Waals surface area contributed by atoms with Crippen molar-refractivity contribution in [1.82, 2.24) is 19.7 Å². The summed E-state index contributed by atoms with van der Waals surface area (Å²) in [6.45, 7) is 7.44. The van der Waals surface area contributed by atoms with Gasteiger partial charge in [-0.1, -0.05) is 12.1 Å². The second kappa shape index (κ2) is 10.0. The third-order valence-corrected chi connectivity index (χ3v) is 6.34. The van der Waals surface area contributed by atoms with Crippen molar-refractivity contribution >= 4 is 5.91 Å². The van der Waals surface area contributed by atoms with Crippen LogP contribution >= 0.6 is 0 Å². The second-order valence-electron chi connectivity index (χ2n) is 8.36. The first-order valence-electron chi connectivity index (χ1n) is 11.0. The molecule has 3 heterocycles. The van der Waals surface area contributed by atoms with E-state index in [1.54, 1.807) is 7.11 Å². The van der Waals surface area contributed by atoms with Gasteiger partial charge in [-0.2, -0.15) is 0 Å². The number of ether oxygens (including phenoxy) is 1. The summed E-state index contributed by atoms with van der Waals surface area (Å²) in [5.41, 5.74) is 2.58. The molecule has 6 heteroatoms. The molecular formula is C24H32N4O2. The van der Waals surface area contributed by atoms with Crippen molar-refractivity contribution in [2.24, 2.45) is 5.92 Å². The normalized spacial score (nSPS) is 19.0. The number of nitrogens with zero attached hydrogens (tertiary/aromatic N) is 4. The molecule has 0 spiro atoms. The lowest BCUT2D eigenvalue weighted by Crippen LogP contribution is -2.51. The minimum absolute atomic E-state index is 0.187. The zero-order chi connectivity index (χ0) is 20.8. The molecule has 6 nitrogen and oxygen atoms in total. The number of carbonyl (C=O) groups is 1. The highest BCUT2D eigenvalue weighted by molar-refractivity contribution is 5.79. The number of rotatable bonds is 6. The number of methoxy groups -OCH3 is 1. The van der Waals surface area contributed by atoms with Crippen molar-refractivity contribution in [3.63, 3.8) is 0 Å². The average Bonchev–Trinajstić information content (AvgIpc) is 2.81. The van der Waals surface area contributed by atoms with E-state index in [4.69, 9.17) is 4.74 Å². The zero-order valence-corrected chi connectivity index (χ0v) is 17.9. The molecule has 0 bridgehead atoms. The average molecular weight is 409 g/mol. The van der Waals surface area contributed by atoms with Crippen molar-refractivity contribution in [1.29, 1.82) is 0 Å². The first-order valence-corrected chi connectivity index (χ1v) is 11.0. The van der Waals surface area contributed by atoms with Crippen LogP contribution in [0.4, 0.5) is 0 Å². The molecule has 0 N–H and O–H groups in total. The summed E-state index contributed by atoms with van der Waals surface area (Å²) >= 11 is 0. The molecule has 1 amide bonds. The zero-order valence-electron chi connectivity index (χ0n) is 17.9. The molecule has 2 aromatic rings. The number of likely N-dealkylation sites (tertiary alicyclic amines) is 1. The Morgan fingerprint density at radius 1 is 0.867 bits per heavy atom. The molecule has 0 radical (unpaired) electrons. The van der Waals surface area contributed by atoms with E-state index in [0.29, 0.717) is 5.91 Å². The van der Waals surface area contributed by atoms with Gasteiger partial charge in [0, 0.05) is 57.6 Å². The molecule has 160 valence electrons. The van der Waals surface area contributed by atoms with Crippen LogP contribution in [0.2, 0.25) is 0 Å². The van der Waals surface area contributed by atoms with Crippen molar-refractivity contribution in [3.8, 4) is 5.75 Å². The number of hydrogen-bond donors (Lipinski definition) is 0. The standard InChI is InChI=1S/C24H32N4O2/c1-30-23-4-2-20(3-5-23)18-27-14-16-28(17-15-27)24(29)22-8-12-26(13-9-22)19-21-6-10-25-11-7-21/h2-7,10-11,22H,8-9,12-19H2,1H3. The summed E-state index contributed by atoms with van der Waals surface area (Å²) in [5.74, 6) is 1.44. The van der Waals surface area contributed by atoms with Gasteiger partial charge in [0.1, 0.15) is 5.75 Å². The van der Waals surface area contributed by atoms with Gasteiger partial charge in [0.05, 0.1) is 7.11 Å². The molecule has 0 atom stereocenters. The Balaban J connectivity index is 1.20. The summed E-state index contributed by atoms with van der Waals surface area (Å²) in [4.78, 5) is 24.1. The van der Waals surface area contributed by atoms with E-state index < -0.39 is 0 Å². The lowest BCUT2D eigenvalue weighted by Gasteiger charge is -2.38. The maximum absolute atomic E-state index is 13.0. The molecule has 30 heavy (non-hydrogen) atoms. The third kappa shape index (κ3) is 5.37. The van der Waals surface area contributed by atoms with Gasteiger partial charge in [0.25, 0.3) is 0 Å². The highest BCUT2D eigenvalue weighted by atomic mass is 16.5. The SMILES string of the molecule is COc1ccc(CN2CCN(C(=O)C3CCN(Cc4ccncc4)CC3)CC2)cc1. The quantitative estimate of drug-likeness (QED) is 0.736. The van der Waals surface area contributed by atoms with Gasteiger partial charge in [0.15, 0.2) is 0 Å². The van der Waals surface area contributed by atoms with E-state index in [-0.39, 0.29) is 5.92 Å². The van der Waals surface area contributed by atoms with Gasteiger partial charge >= 0.3 is 0 Å². The Morgan fingerprint density at radius 2 is 1.43 bits per heavy atom. The van der Waals surface area contributed by atoms with Gasteiger partial charge in [-0.25, -0.2) is 0 Å². The fraction of sp³-hybridized carbons (Fsp3) is 0.500. The van der Waals surface area contributed by atoms with E-state index in [1.165, 1.54) is 11.1 Å². The largest absolute Gasteiger partial charge is 0.497 e. The maximum atomic E-state index is 13.0. The van der Waals surface area contributed by atoms with Crippen LogP contribution in [0.5, 0.6) is 5.75 Å². The summed E-state index contributed by atoms with van der Waals surface area (Å²) in [5, 5.41) is 0. The van der Waals surface area contributed by atoms with Crippen molar-refractivity contribution in [2.45, 2.75) is 25.9 Å². The van der Waals surface area contributed by atoms with Gasteiger partial charge in [0.2, 0.25) is 5.91 Å². The molecule has 2 saturated heterocycles. The number of aromatic nitrogens is 1. The highest BCUT2D eigenvalue weighted by Crippen LogP contribution is 2.22. The molecule has 2 aliphatic heterocycles. The van der Waals surface area contributed by atoms with Crippen LogP contribution in [0.15, 0.2) is 48.8 Å². The van der Waals surface area contributed by atoms with Crippen LogP contribution in [-0.2, 0) is 17.9 Å². The van der Waals surface area contributed by atoms with Crippen molar-refractivity contribution in [2.75, 3.05) is 46.4 Å². The van der Waals surface area contributed by atoms with Crippen LogP contribution in [0, 0.1) is 5.92 Å². The molecule has 4 rings (SSSR count). The Morgan fingerprint density at radius 3 is 2.03 bits per heavy atom. The lowest BCUT2D eigenvalue weighted by atomic mass is 9.94. The molecular weight excluding hydrogens is 376 g/mol. The van der Waals surface area contributed by atoms with Crippen LogP contribution in [0.3, 0.4) is 0 Å². The molecule has 1 aromatic heterocycles. The van der Waals surface area contributed by atoms with E-state index in [1.807, 2.05) is 24.5 Å². The molecule has 0 saturated carbocycles. The number of pyridine rings is 1. The molecule has 2 fully saturated rings. The number of amides is 1. The first-order chi connectivity index (χ1) is 14.7. The molecule has 0 unspecified atom stereocenters. The lowest BCUT2D eigenvalue weighted by molar-refractivity contribution is -0.139. The van der Waals surface area contributed by atoms with Crippen LogP contribution in [-0.4, -0.2) is 72.0 Å². The highest BCUT2D eigenvalue weighted by Gasteiger charge is 2.30. The number of carbonyl (C=O) groups excluding carboxylic acids is 1. The predicted molar refractivity (Wildman–Crippen MR) is 117 cm³/mol. The Labute approximate surface area is 179 Å². The van der Waals surface area contributed by atoms with E-state index in [2.05, 4.69) is 43.9 Å². The minimum Gasteiger partial charge on any atom is -0.497 e. The molecule has 2 aliphatic rings. The fourth-order valence-corrected chi connectivity index (χ4v) is 4.46. The monoisotopic (exact) mass is 408 g/mol. The first kappa shape index (κ1) is 20.8. The van der Waals surface area contributed by atoms with Crippen LogP contribution in [0.1, 0.15) is 24.0 Å². The summed E-state index contributed by atoms with van der Waals surface area (Å²) in [7, 11) is 1.69. The predicted octanol–water partition coefficient (Wildman–Crippen LogP) is 2.65. The number of piperidine rings is 1. The van der Waals surface area contributed by atoms with Crippen molar-refractivity contribution < 1.29 is 9.53 Å². The summed E-state index contributed by atoms with van der Waals surface area (Å²) < 4.78 is 5.23. The maximum Gasteiger partial charge on any atom is 0.225 e. The van der Waals surface area contributed by atoms with E-state index in [9.17, 15) is 4.79 Å². The van der Waals surface area contributed by atoms with E-state index >= 15 is 0 Å². The number of piperazine rings is 1. The Hall–Kier alpha value is -2.44. The number of hydrogen-bond acceptors (Lipinski definition) is 5. The van der Waals surface area contributed by atoms with Crippen LogP contribution < -0.4 is 4.74 Å². The minimum atomic E-state index is 0.187. The smallest absolute Gasteiger partial charge is 0.225 e. The fourth-order valence-electron chi connectivity index (χ4n) is 4.46. The van der Waals surface area contributed by atoms with Gasteiger partial charge in [-0.15, -0.1) is 0 Å². The van der Waals surface area contributed by atoms with Gasteiger partial charge < -0.3 is 9.64 Å².